The van der Waals surface area contributed by atoms with Crippen LogP contribution in [0.2, 0.25) is 0 Å². The van der Waals surface area contributed by atoms with Gasteiger partial charge in [-0.3, -0.25) is 0 Å². The third kappa shape index (κ3) is 3.50. The monoisotopic (exact) mass is 322 g/mol. The summed E-state index contributed by atoms with van der Waals surface area (Å²) >= 11 is 0. The number of benzene rings is 2. The summed E-state index contributed by atoms with van der Waals surface area (Å²) in [4.78, 5) is 0. The molecule has 1 aliphatic rings. The van der Waals surface area contributed by atoms with Crippen LogP contribution in [-0.4, -0.2) is 6.10 Å². The molecule has 1 heterocycles. The molecule has 2 aromatic carbocycles. The van der Waals surface area contributed by atoms with Crippen molar-refractivity contribution in [2.75, 3.05) is 0 Å². The summed E-state index contributed by atoms with van der Waals surface area (Å²) in [6, 6.07) is 15.4. The lowest BCUT2D eigenvalue weighted by atomic mass is 9.79. The van der Waals surface area contributed by atoms with Crippen molar-refractivity contribution >= 4 is 0 Å². The van der Waals surface area contributed by atoms with Gasteiger partial charge in [0.15, 0.2) is 0 Å². The van der Waals surface area contributed by atoms with Gasteiger partial charge in [-0.1, -0.05) is 84.0 Å². The molecule has 0 aromatic heterocycles. The molecule has 0 N–H and O–H groups in total. The summed E-state index contributed by atoms with van der Waals surface area (Å²) < 4.78 is 6.44. The molecule has 0 amide bonds. The lowest BCUT2D eigenvalue weighted by Gasteiger charge is -2.27. The minimum Gasteiger partial charge on any atom is -0.489 e. The Hall–Kier alpha value is -1.76. The van der Waals surface area contributed by atoms with Gasteiger partial charge >= 0.3 is 0 Å². The van der Waals surface area contributed by atoms with E-state index in [0.717, 1.165) is 18.6 Å². The smallest absolute Gasteiger partial charge is 0.126 e. The van der Waals surface area contributed by atoms with E-state index < -0.39 is 0 Å². The molecule has 2 aromatic rings. The quantitative estimate of drug-likeness (QED) is 0.676. The van der Waals surface area contributed by atoms with E-state index in [2.05, 4.69) is 84.0 Å². The molecular formula is C23H30O. The van der Waals surface area contributed by atoms with Gasteiger partial charge in [0.1, 0.15) is 11.9 Å². The summed E-state index contributed by atoms with van der Waals surface area (Å²) in [7, 11) is 0. The predicted molar refractivity (Wildman–Crippen MR) is 102 cm³/mol. The molecule has 1 heteroatoms. The van der Waals surface area contributed by atoms with E-state index in [4.69, 9.17) is 4.74 Å². The molecule has 1 unspecified atom stereocenters. The first-order valence-electron chi connectivity index (χ1n) is 9.03. The topological polar surface area (TPSA) is 9.23 Å². The minimum absolute atomic E-state index is 0.0903. The molecular weight excluding hydrogens is 292 g/mol. The second-order valence-corrected chi connectivity index (χ2v) is 9.15. The third-order valence-electron chi connectivity index (χ3n) is 4.88. The van der Waals surface area contributed by atoms with E-state index in [0.29, 0.717) is 0 Å². The van der Waals surface area contributed by atoms with Crippen molar-refractivity contribution in [3.63, 3.8) is 0 Å². The molecule has 0 radical (unpaired) electrons. The zero-order valence-corrected chi connectivity index (χ0v) is 15.9. The zero-order valence-electron chi connectivity index (χ0n) is 15.9. The molecule has 0 saturated heterocycles. The zero-order chi connectivity index (χ0) is 17.5. The second kappa shape index (κ2) is 5.95. The van der Waals surface area contributed by atoms with Crippen LogP contribution in [0, 0.1) is 0 Å². The Bertz CT molecular complexity index is 714. The highest BCUT2D eigenvalue weighted by Gasteiger charge is 2.32. The van der Waals surface area contributed by atoms with E-state index in [1.807, 2.05) is 0 Å². The highest BCUT2D eigenvalue weighted by atomic mass is 16.5. The summed E-state index contributed by atoms with van der Waals surface area (Å²) in [6.45, 7) is 13.7. The maximum absolute atomic E-state index is 6.44. The van der Waals surface area contributed by atoms with Gasteiger partial charge in [0, 0.05) is 18.4 Å². The van der Waals surface area contributed by atoms with Crippen LogP contribution in [0.1, 0.15) is 63.8 Å². The van der Waals surface area contributed by atoms with E-state index in [1.54, 1.807) is 0 Å². The Morgan fingerprint density at radius 3 is 2.17 bits per heavy atom. The molecule has 0 spiro atoms. The van der Waals surface area contributed by atoms with Crippen molar-refractivity contribution in [2.45, 2.75) is 71.3 Å². The van der Waals surface area contributed by atoms with Crippen LogP contribution in [0.3, 0.4) is 0 Å². The summed E-state index contributed by atoms with van der Waals surface area (Å²) in [5.41, 5.74) is 5.74. The molecule has 1 atom stereocenters. The molecule has 128 valence electrons. The number of ether oxygens (including phenoxy) is 1. The van der Waals surface area contributed by atoms with Crippen LogP contribution in [0.15, 0.2) is 42.5 Å². The van der Waals surface area contributed by atoms with Crippen molar-refractivity contribution in [3.05, 3.63) is 64.7 Å². The van der Waals surface area contributed by atoms with Crippen molar-refractivity contribution < 1.29 is 4.74 Å². The second-order valence-electron chi connectivity index (χ2n) is 9.15. The van der Waals surface area contributed by atoms with Gasteiger partial charge in [-0.25, -0.2) is 0 Å². The Kier molecular flexibility index (Phi) is 4.23. The predicted octanol–water partition coefficient (Wildman–Crippen LogP) is 5.83. The fourth-order valence-corrected chi connectivity index (χ4v) is 3.41. The van der Waals surface area contributed by atoms with E-state index in [1.165, 1.54) is 22.3 Å². The van der Waals surface area contributed by atoms with E-state index >= 15 is 0 Å². The standard InChI is InChI=1S/C23H30O/c1-22(2,3)18-13-17-14-19(12-16-10-8-7-9-11-16)24-21(17)20(15-18)23(4,5)6/h7-11,13,15,19H,12,14H2,1-6H3. The molecule has 1 nitrogen and oxygen atoms in total. The van der Waals surface area contributed by atoms with Gasteiger partial charge in [0.2, 0.25) is 0 Å². The summed E-state index contributed by atoms with van der Waals surface area (Å²) in [5.74, 6) is 1.14. The van der Waals surface area contributed by atoms with Gasteiger partial charge in [0.05, 0.1) is 0 Å². The normalized spacial score (nSPS) is 17.5. The van der Waals surface area contributed by atoms with Gasteiger partial charge in [0.25, 0.3) is 0 Å². The summed E-state index contributed by atoms with van der Waals surface area (Å²) in [6.07, 6.45) is 2.24. The first kappa shape index (κ1) is 17.1. The van der Waals surface area contributed by atoms with Crippen molar-refractivity contribution in [2.24, 2.45) is 0 Å². The fourth-order valence-electron chi connectivity index (χ4n) is 3.41. The van der Waals surface area contributed by atoms with Crippen LogP contribution in [0.4, 0.5) is 0 Å². The Morgan fingerprint density at radius 1 is 0.917 bits per heavy atom. The fraction of sp³-hybridized carbons (Fsp3) is 0.478. The molecule has 0 bridgehead atoms. The molecule has 0 fully saturated rings. The Morgan fingerprint density at radius 2 is 1.58 bits per heavy atom. The number of fused-ring (bicyclic) bond motifs is 1. The first-order valence-corrected chi connectivity index (χ1v) is 9.03. The van der Waals surface area contributed by atoms with Gasteiger partial charge < -0.3 is 4.74 Å². The number of hydrogen-bond donors (Lipinski definition) is 0. The maximum Gasteiger partial charge on any atom is 0.126 e. The number of hydrogen-bond acceptors (Lipinski definition) is 1. The van der Waals surface area contributed by atoms with Crippen LogP contribution >= 0.6 is 0 Å². The van der Waals surface area contributed by atoms with Crippen molar-refractivity contribution in [1.29, 1.82) is 0 Å². The highest BCUT2D eigenvalue weighted by Crippen LogP contribution is 2.42. The lowest BCUT2D eigenvalue weighted by molar-refractivity contribution is 0.229. The van der Waals surface area contributed by atoms with Crippen LogP contribution in [-0.2, 0) is 23.7 Å². The molecule has 0 aliphatic carbocycles. The Balaban J connectivity index is 1.95. The average Bonchev–Trinajstić information content (AvgIpc) is 2.87. The van der Waals surface area contributed by atoms with Crippen LogP contribution in [0.25, 0.3) is 0 Å². The van der Waals surface area contributed by atoms with Crippen LogP contribution < -0.4 is 4.74 Å². The Labute approximate surface area is 147 Å². The maximum atomic E-state index is 6.44. The average molecular weight is 322 g/mol. The lowest BCUT2D eigenvalue weighted by Crippen LogP contribution is -2.19. The summed E-state index contributed by atoms with van der Waals surface area (Å²) in [5, 5.41) is 0. The van der Waals surface area contributed by atoms with E-state index in [9.17, 15) is 0 Å². The van der Waals surface area contributed by atoms with Gasteiger partial charge in [-0.15, -0.1) is 0 Å². The van der Waals surface area contributed by atoms with Crippen molar-refractivity contribution in [3.8, 4) is 5.75 Å². The minimum atomic E-state index is 0.0903. The SMILES string of the molecule is CC(C)(C)c1cc2c(c(C(C)(C)C)c1)OC(Cc1ccccc1)C2. The molecule has 3 rings (SSSR count). The van der Waals surface area contributed by atoms with Gasteiger partial charge in [-0.2, -0.15) is 0 Å². The van der Waals surface area contributed by atoms with E-state index in [-0.39, 0.29) is 16.9 Å². The third-order valence-corrected chi connectivity index (χ3v) is 4.88. The van der Waals surface area contributed by atoms with Crippen molar-refractivity contribution in [1.82, 2.24) is 0 Å². The molecule has 0 saturated carbocycles. The first-order chi connectivity index (χ1) is 11.1. The largest absolute Gasteiger partial charge is 0.489 e. The van der Waals surface area contributed by atoms with Gasteiger partial charge in [-0.05, 0) is 27.5 Å². The van der Waals surface area contributed by atoms with Crippen LogP contribution in [0.5, 0.6) is 5.75 Å². The molecule has 1 aliphatic heterocycles. The molecule has 24 heavy (non-hydrogen) atoms. The number of rotatable bonds is 2. The highest BCUT2D eigenvalue weighted by molar-refractivity contribution is 5.52.